The van der Waals surface area contributed by atoms with E-state index in [-0.39, 0.29) is 0 Å². The second-order valence-electron chi connectivity index (χ2n) is 6.50. The van der Waals surface area contributed by atoms with Crippen molar-refractivity contribution in [2.24, 2.45) is 0 Å². The molecule has 0 radical (unpaired) electrons. The quantitative estimate of drug-likeness (QED) is 0.732. The highest BCUT2D eigenvalue weighted by atomic mass is 16.3. The van der Waals surface area contributed by atoms with E-state index in [0.29, 0.717) is 5.95 Å². The average Bonchev–Trinajstić information content (AvgIpc) is 3.24. The van der Waals surface area contributed by atoms with Crippen molar-refractivity contribution in [1.82, 2.24) is 19.9 Å². The summed E-state index contributed by atoms with van der Waals surface area (Å²) >= 11 is 0. The van der Waals surface area contributed by atoms with Crippen molar-refractivity contribution in [1.29, 1.82) is 0 Å². The van der Waals surface area contributed by atoms with Gasteiger partial charge in [0.05, 0.1) is 6.26 Å². The smallest absolute Gasteiger partial charge is 0.223 e. The number of nitrogens with one attached hydrogen (secondary N) is 1. The summed E-state index contributed by atoms with van der Waals surface area (Å²) < 4.78 is 5.59. The number of hydrogen-bond donors (Lipinski definition) is 1. The zero-order valence-electron chi connectivity index (χ0n) is 14.8. The van der Waals surface area contributed by atoms with Crippen LogP contribution in [0.25, 0.3) is 22.6 Å². The third-order valence-corrected chi connectivity index (χ3v) is 4.69. The van der Waals surface area contributed by atoms with E-state index in [1.807, 2.05) is 30.5 Å². The van der Waals surface area contributed by atoms with Crippen molar-refractivity contribution in [3.05, 3.63) is 49.1 Å². The minimum Gasteiger partial charge on any atom is -0.463 e. The molecule has 0 atom stereocenters. The van der Waals surface area contributed by atoms with Crippen LogP contribution in [-0.2, 0) is 0 Å². The van der Waals surface area contributed by atoms with Gasteiger partial charge in [0.1, 0.15) is 5.69 Å². The summed E-state index contributed by atoms with van der Waals surface area (Å²) in [6, 6.07) is 7.70. The number of furan rings is 1. The highest BCUT2D eigenvalue weighted by Crippen LogP contribution is 2.30. The van der Waals surface area contributed by atoms with Crippen LogP contribution in [0.4, 0.5) is 5.95 Å². The molecule has 3 aromatic heterocycles. The summed E-state index contributed by atoms with van der Waals surface area (Å²) in [6.45, 7) is 4.25. The molecule has 1 aliphatic rings. The van der Waals surface area contributed by atoms with Gasteiger partial charge in [-0.25, -0.2) is 9.97 Å². The summed E-state index contributed by atoms with van der Waals surface area (Å²) in [7, 11) is 0. The number of aromatic nitrogens is 3. The van der Waals surface area contributed by atoms with Crippen LogP contribution in [0, 0.1) is 0 Å². The third-order valence-electron chi connectivity index (χ3n) is 4.69. The van der Waals surface area contributed by atoms with Crippen LogP contribution in [0.15, 0.2) is 53.5 Å². The second-order valence-corrected chi connectivity index (χ2v) is 6.50. The Bertz CT molecular complexity index is 813. The molecule has 3 aromatic rings. The minimum absolute atomic E-state index is 0.631. The lowest BCUT2D eigenvalue weighted by Crippen LogP contribution is -2.33. The van der Waals surface area contributed by atoms with Crippen LogP contribution >= 0.6 is 0 Å². The van der Waals surface area contributed by atoms with Crippen LogP contribution in [0.5, 0.6) is 0 Å². The van der Waals surface area contributed by atoms with E-state index in [1.165, 1.54) is 32.4 Å². The fraction of sp³-hybridized carbons (Fsp3) is 0.350. The lowest BCUT2D eigenvalue weighted by molar-refractivity contribution is 0.237. The molecular weight excluding hydrogens is 326 g/mol. The van der Waals surface area contributed by atoms with E-state index >= 15 is 0 Å². The predicted molar refractivity (Wildman–Crippen MR) is 102 cm³/mol. The lowest BCUT2D eigenvalue weighted by Gasteiger charge is -2.26. The van der Waals surface area contributed by atoms with Gasteiger partial charge in [0, 0.05) is 37.2 Å². The van der Waals surface area contributed by atoms with E-state index in [4.69, 9.17) is 9.40 Å². The maximum Gasteiger partial charge on any atom is 0.223 e. The third kappa shape index (κ3) is 3.91. The highest BCUT2D eigenvalue weighted by Gasteiger charge is 2.14. The first kappa shape index (κ1) is 16.7. The number of piperidine rings is 1. The van der Waals surface area contributed by atoms with Gasteiger partial charge in [0.2, 0.25) is 5.95 Å². The molecule has 1 N–H and O–H groups in total. The standard InChI is InChI=1S/C20H23N5O/c1-2-11-25(12-3-1)13-10-22-20-23-15-17(16-6-8-21-9-7-16)19(24-20)18-5-4-14-26-18/h4-9,14-15H,1-3,10-13H2,(H,22,23,24). The Hall–Kier alpha value is -2.73. The van der Waals surface area contributed by atoms with Gasteiger partial charge in [0.25, 0.3) is 0 Å². The average molecular weight is 349 g/mol. The van der Waals surface area contributed by atoms with E-state index in [9.17, 15) is 0 Å². The Morgan fingerprint density at radius 3 is 2.69 bits per heavy atom. The van der Waals surface area contributed by atoms with Gasteiger partial charge in [-0.1, -0.05) is 6.42 Å². The molecule has 0 saturated carbocycles. The first-order valence-electron chi connectivity index (χ1n) is 9.18. The molecule has 0 spiro atoms. The molecule has 4 heterocycles. The van der Waals surface area contributed by atoms with Crippen molar-refractivity contribution in [3.8, 4) is 22.6 Å². The normalized spacial score (nSPS) is 15.1. The van der Waals surface area contributed by atoms with Crippen LogP contribution < -0.4 is 5.32 Å². The van der Waals surface area contributed by atoms with Gasteiger partial charge in [-0.05, 0) is 55.8 Å². The van der Waals surface area contributed by atoms with E-state index < -0.39 is 0 Å². The van der Waals surface area contributed by atoms with Crippen LogP contribution in [0.1, 0.15) is 19.3 Å². The maximum atomic E-state index is 5.59. The molecule has 0 aromatic carbocycles. The van der Waals surface area contributed by atoms with Crippen molar-refractivity contribution < 1.29 is 4.42 Å². The molecule has 0 amide bonds. The zero-order valence-corrected chi connectivity index (χ0v) is 14.8. The Labute approximate surface area is 153 Å². The van der Waals surface area contributed by atoms with Gasteiger partial charge in [-0.15, -0.1) is 0 Å². The number of likely N-dealkylation sites (tertiary alicyclic amines) is 1. The van der Waals surface area contributed by atoms with Gasteiger partial charge < -0.3 is 14.6 Å². The predicted octanol–water partition coefficient (Wildman–Crippen LogP) is 3.70. The van der Waals surface area contributed by atoms with Gasteiger partial charge in [-0.2, -0.15) is 0 Å². The molecule has 1 saturated heterocycles. The Kier molecular flexibility index (Phi) is 5.21. The fourth-order valence-corrected chi connectivity index (χ4v) is 3.32. The molecule has 1 fully saturated rings. The number of rotatable bonds is 6. The molecule has 0 unspecified atom stereocenters. The Balaban J connectivity index is 1.52. The fourth-order valence-electron chi connectivity index (χ4n) is 3.32. The summed E-state index contributed by atoms with van der Waals surface area (Å²) in [4.78, 5) is 15.8. The molecule has 4 rings (SSSR count). The molecular formula is C20H23N5O. The van der Waals surface area contributed by atoms with Crippen molar-refractivity contribution >= 4 is 5.95 Å². The first-order valence-corrected chi connectivity index (χ1v) is 9.18. The highest BCUT2D eigenvalue weighted by molar-refractivity contribution is 5.78. The number of nitrogens with zero attached hydrogens (tertiary/aromatic N) is 4. The Morgan fingerprint density at radius 2 is 1.92 bits per heavy atom. The lowest BCUT2D eigenvalue weighted by atomic mass is 10.1. The summed E-state index contributed by atoms with van der Waals surface area (Å²) in [6.07, 6.45) is 11.0. The van der Waals surface area contributed by atoms with Crippen LogP contribution in [-0.4, -0.2) is 46.0 Å². The molecule has 6 nitrogen and oxygen atoms in total. The molecule has 1 aliphatic heterocycles. The number of hydrogen-bond acceptors (Lipinski definition) is 6. The SMILES string of the molecule is c1coc(-c2nc(NCCN3CCCCC3)ncc2-c2ccncc2)c1. The molecule has 0 bridgehead atoms. The zero-order chi connectivity index (χ0) is 17.6. The van der Waals surface area contributed by atoms with E-state index in [0.717, 1.165) is 35.7 Å². The molecule has 26 heavy (non-hydrogen) atoms. The van der Waals surface area contributed by atoms with Crippen LogP contribution in [0.3, 0.4) is 0 Å². The largest absolute Gasteiger partial charge is 0.463 e. The van der Waals surface area contributed by atoms with E-state index in [2.05, 4.69) is 20.2 Å². The van der Waals surface area contributed by atoms with Crippen molar-refractivity contribution in [2.45, 2.75) is 19.3 Å². The van der Waals surface area contributed by atoms with Gasteiger partial charge >= 0.3 is 0 Å². The summed E-state index contributed by atoms with van der Waals surface area (Å²) in [5.74, 6) is 1.37. The summed E-state index contributed by atoms with van der Waals surface area (Å²) in [5.41, 5.74) is 2.74. The molecule has 0 aliphatic carbocycles. The van der Waals surface area contributed by atoms with E-state index in [1.54, 1.807) is 18.7 Å². The molecule has 134 valence electrons. The van der Waals surface area contributed by atoms with Gasteiger partial charge in [0.15, 0.2) is 5.76 Å². The van der Waals surface area contributed by atoms with Crippen molar-refractivity contribution in [3.63, 3.8) is 0 Å². The van der Waals surface area contributed by atoms with Crippen LogP contribution in [0.2, 0.25) is 0 Å². The number of pyridine rings is 1. The minimum atomic E-state index is 0.631. The molecule has 6 heteroatoms. The monoisotopic (exact) mass is 349 g/mol. The van der Waals surface area contributed by atoms with Crippen molar-refractivity contribution in [2.75, 3.05) is 31.5 Å². The summed E-state index contributed by atoms with van der Waals surface area (Å²) in [5, 5.41) is 3.36. The second kappa shape index (κ2) is 8.10. The maximum absolute atomic E-state index is 5.59. The Morgan fingerprint density at radius 1 is 1.08 bits per heavy atom. The topological polar surface area (TPSA) is 67.1 Å². The number of anilines is 1. The van der Waals surface area contributed by atoms with Gasteiger partial charge in [-0.3, -0.25) is 4.98 Å². The first-order chi connectivity index (χ1) is 12.9.